The normalized spacial score (nSPS) is 14.0. The Balaban J connectivity index is 3.28. The number of hydrogen-bond acceptors (Lipinski definition) is 4. The molecular weight excluding hydrogens is 254 g/mol. The molecule has 0 spiro atoms. The smallest absolute Gasteiger partial charge is 0.473 e. The van der Waals surface area contributed by atoms with Gasteiger partial charge in [0, 0.05) is 0 Å². The summed E-state index contributed by atoms with van der Waals surface area (Å²) in [6, 6.07) is 0. The maximum absolute atomic E-state index is 10.8. The van der Waals surface area contributed by atoms with Crippen LogP contribution in [0.3, 0.4) is 0 Å². The summed E-state index contributed by atoms with van der Waals surface area (Å²) in [5.41, 5.74) is 0. The van der Waals surface area contributed by atoms with Crippen LogP contribution in [0.15, 0.2) is 0 Å². The lowest BCUT2D eigenvalue weighted by Gasteiger charge is -2.21. The van der Waals surface area contributed by atoms with Gasteiger partial charge in [0.25, 0.3) is 0 Å². The predicted molar refractivity (Wildman–Crippen MR) is 59.4 cm³/mol. The van der Waals surface area contributed by atoms with Crippen molar-refractivity contribution in [2.45, 2.75) is 45.4 Å². The van der Waals surface area contributed by atoms with Crippen molar-refractivity contribution >= 4 is 16.4 Å². The van der Waals surface area contributed by atoms with Gasteiger partial charge in [-0.05, 0) is 6.42 Å². The topological polar surface area (TPSA) is 99.0 Å². The van der Waals surface area contributed by atoms with Gasteiger partial charge in [-0.3, -0.25) is 4.31 Å². The molecule has 0 aliphatic rings. The second-order valence-corrected chi connectivity index (χ2v) is 5.74. The average molecular weight is 273 g/mol. The number of hydrogen-bond donors (Lipinski definition) is 2. The zero-order valence-electron chi connectivity index (χ0n) is 9.37. The van der Waals surface area contributed by atoms with Gasteiger partial charge in [0.15, 0.2) is 0 Å². The van der Waals surface area contributed by atoms with Crippen molar-refractivity contribution in [3.05, 3.63) is 0 Å². The Morgan fingerprint density at radius 2 is 1.75 bits per heavy atom. The van der Waals surface area contributed by atoms with E-state index in [4.69, 9.17) is 9.79 Å². The Morgan fingerprint density at radius 1 is 1.19 bits per heavy atom. The van der Waals surface area contributed by atoms with Crippen LogP contribution in [-0.2, 0) is 13.4 Å². The third-order valence-corrected chi connectivity index (χ3v) is 3.65. The molecule has 6 nitrogen and oxygen atoms in total. The van der Waals surface area contributed by atoms with Crippen LogP contribution in [0.4, 0.5) is 0 Å². The predicted octanol–water partition coefficient (Wildman–Crippen LogP) is 2.06. The highest BCUT2D eigenvalue weighted by Gasteiger charge is 2.15. The molecule has 2 N–H and O–H groups in total. The van der Waals surface area contributed by atoms with E-state index >= 15 is 0 Å². The van der Waals surface area contributed by atoms with E-state index in [1.54, 1.807) is 0 Å². The van der Waals surface area contributed by atoms with Crippen molar-refractivity contribution in [3.63, 3.8) is 0 Å². The number of unbranched alkanes of at least 4 members (excludes halogenated alkanes) is 5. The first-order chi connectivity index (χ1) is 7.45. The molecule has 0 saturated heterocycles. The summed E-state index contributed by atoms with van der Waals surface area (Å²) < 4.78 is 18.7. The summed E-state index contributed by atoms with van der Waals surface area (Å²) in [6.07, 6.45) is 6.32. The summed E-state index contributed by atoms with van der Waals surface area (Å²) in [7, 11) is -7.41. The fourth-order valence-electron chi connectivity index (χ4n) is 1.13. The summed E-state index contributed by atoms with van der Waals surface area (Å²) >= 11 is 0. The Kier molecular flexibility index (Phi) is 9.76. The van der Waals surface area contributed by atoms with Gasteiger partial charge in [0.05, 0.1) is 15.2 Å². The molecule has 16 heavy (non-hydrogen) atoms. The Labute approximate surface area is 97.2 Å². The molecule has 0 rings (SSSR count). The number of phosphoric acid groups is 1. The van der Waals surface area contributed by atoms with Crippen molar-refractivity contribution in [1.29, 1.82) is 0 Å². The molecule has 0 bridgehead atoms. The Hall–Kier alpha value is 0.460. The lowest BCUT2D eigenvalue weighted by Crippen LogP contribution is -2.03. The molecule has 0 fully saturated rings. The molecule has 1 atom stereocenters. The monoisotopic (exact) mass is 273 g/mol. The summed E-state index contributed by atoms with van der Waals surface area (Å²) in [5, 5.41) is 0. The molecule has 1 unspecified atom stereocenters. The second-order valence-electron chi connectivity index (χ2n) is 3.40. The van der Waals surface area contributed by atoms with Gasteiger partial charge in [-0.25, -0.2) is 4.57 Å². The van der Waals surface area contributed by atoms with Crippen molar-refractivity contribution in [2.75, 3.05) is 6.61 Å². The van der Waals surface area contributed by atoms with E-state index < -0.39 is 16.4 Å². The second kappa shape index (κ2) is 9.49. The maximum atomic E-state index is 10.8. The third kappa shape index (κ3) is 12.5. The van der Waals surface area contributed by atoms with E-state index in [0.29, 0.717) is 0 Å². The Morgan fingerprint density at radius 3 is 2.31 bits per heavy atom. The molecular formula is C8H19O6P2-. The Bertz CT molecular complexity index is 207. The van der Waals surface area contributed by atoms with Crippen LogP contribution in [0.2, 0.25) is 0 Å². The molecule has 0 heterocycles. The van der Waals surface area contributed by atoms with Crippen molar-refractivity contribution in [1.82, 2.24) is 0 Å². The van der Waals surface area contributed by atoms with Crippen LogP contribution in [-0.4, -0.2) is 16.4 Å². The molecule has 0 saturated carbocycles. The minimum absolute atomic E-state index is 0.196. The van der Waals surface area contributed by atoms with Crippen molar-refractivity contribution in [3.8, 4) is 0 Å². The fourth-order valence-corrected chi connectivity index (χ4v) is 2.29. The quantitative estimate of drug-likeness (QED) is 0.467. The molecule has 0 amide bonds. The van der Waals surface area contributed by atoms with E-state index in [0.717, 1.165) is 19.3 Å². The van der Waals surface area contributed by atoms with Crippen molar-refractivity contribution < 1.29 is 28.1 Å². The molecule has 0 aromatic carbocycles. The van der Waals surface area contributed by atoms with Crippen LogP contribution < -0.4 is 4.89 Å². The number of rotatable bonds is 10. The molecule has 0 radical (unpaired) electrons. The zero-order valence-corrected chi connectivity index (χ0v) is 11.2. The third-order valence-electron chi connectivity index (χ3n) is 1.87. The van der Waals surface area contributed by atoms with E-state index in [-0.39, 0.29) is 6.61 Å². The first-order valence-electron chi connectivity index (χ1n) is 5.31. The molecule has 0 aromatic heterocycles. The highest BCUT2D eigenvalue weighted by molar-refractivity contribution is 7.57. The van der Waals surface area contributed by atoms with E-state index in [1.165, 1.54) is 19.3 Å². The van der Waals surface area contributed by atoms with Gasteiger partial charge >= 0.3 is 7.82 Å². The maximum Gasteiger partial charge on any atom is 0.473 e. The van der Waals surface area contributed by atoms with Crippen LogP contribution in [0.25, 0.3) is 0 Å². The SMILES string of the molecule is CCCCCCCCOP([O-])OP(=O)(O)O. The molecule has 0 aliphatic carbocycles. The minimum Gasteiger partial charge on any atom is -0.786 e. The van der Waals surface area contributed by atoms with E-state index in [2.05, 4.69) is 15.8 Å². The van der Waals surface area contributed by atoms with Gasteiger partial charge in [-0.1, -0.05) is 39.0 Å². The lowest BCUT2D eigenvalue weighted by atomic mass is 10.1. The average Bonchev–Trinajstić information content (AvgIpc) is 2.13. The highest BCUT2D eigenvalue weighted by atomic mass is 31.3. The first kappa shape index (κ1) is 16.5. The standard InChI is InChI=1S/C8H19O6P2/c1-2-3-4-5-6-7-8-13-15(9)14-16(10,11)12/h2-8H2,1H3,(H2,10,11,12)/q-1. The zero-order chi connectivity index (χ0) is 12.4. The largest absolute Gasteiger partial charge is 0.786 e. The van der Waals surface area contributed by atoms with Crippen LogP contribution >= 0.6 is 16.4 Å². The summed E-state index contributed by atoms with van der Waals surface area (Å²) in [4.78, 5) is 27.4. The van der Waals surface area contributed by atoms with Gasteiger partial charge in [-0.15, -0.1) is 0 Å². The minimum atomic E-state index is -4.70. The van der Waals surface area contributed by atoms with E-state index in [1.807, 2.05) is 0 Å². The van der Waals surface area contributed by atoms with Gasteiger partial charge < -0.3 is 19.2 Å². The van der Waals surface area contributed by atoms with Crippen molar-refractivity contribution in [2.24, 2.45) is 0 Å². The molecule has 0 aliphatic heterocycles. The lowest BCUT2D eigenvalue weighted by molar-refractivity contribution is -0.197. The molecule has 0 aromatic rings. The van der Waals surface area contributed by atoms with Crippen LogP contribution in [0.1, 0.15) is 45.4 Å². The molecule has 8 heteroatoms. The van der Waals surface area contributed by atoms with Crippen LogP contribution in [0, 0.1) is 0 Å². The van der Waals surface area contributed by atoms with Gasteiger partial charge in [0.1, 0.15) is 0 Å². The highest BCUT2D eigenvalue weighted by Crippen LogP contribution is 2.49. The van der Waals surface area contributed by atoms with Gasteiger partial charge in [0.2, 0.25) is 0 Å². The van der Waals surface area contributed by atoms with Crippen LogP contribution in [0.5, 0.6) is 0 Å². The molecule has 98 valence electrons. The first-order valence-corrected chi connectivity index (χ1v) is 7.93. The fraction of sp³-hybridized carbons (Fsp3) is 1.00. The van der Waals surface area contributed by atoms with E-state index in [9.17, 15) is 9.46 Å². The van der Waals surface area contributed by atoms with Gasteiger partial charge in [-0.2, -0.15) is 0 Å². The summed E-state index contributed by atoms with van der Waals surface area (Å²) in [6.45, 7) is 2.33. The summed E-state index contributed by atoms with van der Waals surface area (Å²) in [5.74, 6) is 0.